The van der Waals surface area contributed by atoms with Crippen molar-refractivity contribution in [3.05, 3.63) is 35.4 Å². The van der Waals surface area contributed by atoms with Crippen LogP contribution in [0, 0.1) is 0 Å². The van der Waals surface area contributed by atoms with Crippen LogP contribution in [0.2, 0.25) is 0 Å². The van der Waals surface area contributed by atoms with Gasteiger partial charge in [-0.15, -0.1) is 0 Å². The Labute approximate surface area is 108 Å². The minimum atomic E-state index is -1.25. The Morgan fingerprint density at radius 3 is 2.22 bits per heavy atom. The van der Waals surface area contributed by atoms with Crippen molar-refractivity contribution >= 4 is 5.97 Å². The zero-order valence-electron chi connectivity index (χ0n) is 11.3. The first-order valence-electron chi connectivity index (χ1n) is 6.43. The molecule has 1 aromatic carbocycles. The second-order valence-electron chi connectivity index (χ2n) is 5.13. The lowest BCUT2D eigenvalue weighted by Crippen LogP contribution is -2.28. The largest absolute Gasteiger partial charge is 0.481 e. The maximum atomic E-state index is 10.9. The molecule has 2 N–H and O–H groups in total. The van der Waals surface area contributed by atoms with Crippen molar-refractivity contribution in [3.63, 3.8) is 0 Å². The first-order chi connectivity index (χ1) is 8.39. The van der Waals surface area contributed by atoms with E-state index in [9.17, 15) is 9.90 Å². The number of hydrogen-bond acceptors (Lipinski definition) is 2. The molecule has 0 saturated heterocycles. The molecule has 0 aliphatic rings. The fourth-order valence-electron chi connectivity index (χ4n) is 2.18. The number of hydrogen-bond donors (Lipinski definition) is 2. The van der Waals surface area contributed by atoms with E-state index in [1.807, 2.05) is 31.2 Å². The summed E-state index contributed by atoms with van der Waals surface area (Å²) >= 11 is 0. The van der Waals surface area contributed by atoms with E-state index in [0.717, 1.165) is 6.42 Å². The number of carboxylic acid groups (broad SMARTS) is 1. The number of carboxylic acids is 1. The smallest absolute Gasteiger partial charge is 0.306 e. The Bertz CT molecular complexity index is 395. The number of carbonyl (C=O) groups is 1. The monoisotopic (exact) mass is 250 g/mol. The van der Waals surface area contributed by atoms with Gasteiger partial charge < -0.3 is 10.2 Å². The van der Waals surface area contributed by atoms with Crippen molar-refractivity contribution in [1.29, 1.82) is 0 Å². The molecule has 1 aromatic rings. The van der Waals surface area contributed by atoms with Crippen LogP contribution < -0.4 is 0 Å². The van der Waals surface area contributed by atoms with Crippen molar-refractivity contribution in [1.82, 2.24) is 0 Å². The SMILES string of the molecule is CCCC(O)(CC(=O)O)c1ccc(C(C)C)cc1. The quantitative estimate of drug-likeness (QED) is 0.814. The van der Waals surface area contributed by atoms with Crippen molar-refractivity contribution in [3.8, 4) is 0 Å². The summed E-state index contributed by atoms with van der Waals surface area (Å²) in [5.41, 5.74) is 0.625. The van der Waals surface area contributed by atoms with Crippen molar-refractivity contribution in [2.75, 3.05) is 0 Å². The molecule has 0 radical (unpaired) electrons. The molecule has 3 heteroatoms. The van der Waals surface area contributed by atoms with Gasteiger partial charge in [0.1, 0.15) is 5.60 Å². The predicted molar refractivity (Wildman–Crippen MR) is 71.6 cm³/mol. The Morgan fingerprint density at radius 1 is 1.28 bits per heavy atom. The molecule has 0 aliphatic carbocycles. The van der Waals surface area contributed by atoms with Crippen molar-refractivity contribution < 1.29 is 15.0 Å². The predicted octanol–water partition coefficient (Wildman–Crippen LogP) is 3.27. The number of aliphatic carboxylic acids is 1. The molecule has 0 amide bonds. The minimum absolute atomic E-state index is 0.248. The fraction of sp³-hybridized carbons (Fsp3) is 0.533. The lowest BCUT2D eigenvalue weighted by atomic mass is 9.85. The fourth-order valence-corrected chi connectivity index (χ4v) is 2.18. The van der Waals surface area contributed by atoms with E-state index in [0.29, 0.717) is 17.9 Å². The van der Waals surface area contributed by atoms with E-state index in [-0.39, 0.29) is 6.42 Å². The third-order valence-corrected chi connectivity index (χ3v) is 3.22. The van der Waals surface area contributed by atoms with Crippen molar-refractivity contribution in [2.45, 2.75) is 51.6 Å². The average Bonchev–Trinajstić information content (AvgIpc) is 2.28. The van der Waals surface area contributed by atoms with Gasteiger partial charge in [0.25, 0.3) is 0 Å². The standard InChI is InChI=1S/C15H22O3/c1-4-9-15(18,10-14(16)17)13-7-5-12(6-8-13)11(2)3/h5-8,11,18H,4,9-10H2,1-3H3,(H,16,17). The Morgan fingerprint density at radius 2 is 1.83 bits per heavy atom. The van der Waals surface area contributed by atoms with Crippen LogP contribution in [0.5, 0.6) is 0 Å². The van der Waals surface area contributed by atoms with Crippen LogP contribution in [0.4, 0.5) is 0 Å². The number of rotatable bonds is 6. The second kappa shape index (κ2) is 6.01. The zero-order valence-corrected chi connectivity index (χ0v) is 11.3. The molecule has 0 spiro atoms. The highest BCUT2D eigenvalue weighted by Gasteiger charge is 2.31. The molecule has 18 heavy (non-hydrogen) atoms. The van der Waals surface area contributed by atoms with Crippen LogP contribution in [0.1, 0.15) is 57.1 Å². The van der Waals surface area contributed by atoms with Gasteiger partial charge in [0.2, 0.25) is 0 Å². The van der Waals surface area contributed by atoms with Gasteiger partial charge in [0.15, 0.2) is 0 Å². The van der Waals surface area contributed by atoms with Crippen LogP contribution in [-0.4, -0.2) is 16.2 Å². The van der Waals surface area contributed by atoms with Gasteiger partial charge >= 0.3 is 5.97 Å². The van der Waals surface area contributed by atoms with E-state index in [1.165, 1.54) is 5.56 Å². The van der Waals surface area contributed by atoms with Gasteiger partial charge in [-0.1, -0.05) is 51.5 Å². The van der Waals surface area contributed by atoms with Gasteiger partial charge in [-0.2, -0.15) is 0 Å². The molecular formula is C15H22O3. The van der Waals surface area contributed by atoms with Gasteiger partial charge in [-0.3, -0.25) is 4.79 Å². The van der Waals surface area contributed by atoms with E-state index in [4.69, 9.17) is 5.11 Å². The second-order valence-corrected chi connectivity index (χ2v) is 5.13. The molecule has 100 valence electrons. The van der Waals surface area contributed by atoms with E-state index in [2.05, 4.69) is 13.8 Å². The summed E-state index contributed by atoms with van der Waals surface area (Å²) in [6.45, 7) is 6.14. The maximum Gasteiger partial charge on any atom is 0.306 e. The molecule has 1 rings (SSSR count). The average molecular weight is 250 g/mol. The summed E-state index contributed by atoms with van der Waals surface area (Å²) in [6.07, 6.45) is 0.956. The van der Waals surface area contributed by atoms with E-state index in [1.54, 1.807) is 0 Å². The minimum Gasteiger partial charge on any atom is -0.481 e. The summed E-state index contributed by atoms with van der Waals surface area (Å²) in [5.74, 6) is -0.545. The number of aliphatic hydroxyl groups is 1. The van der Waals surface area contributed by atoms with Gasteiger partial charge in [-0.25, -0.2) is 0 Å². The molecule has 0 heterocycles. The Kier molecular flexibility index (Phi) is 4.91. The summed E-state index contributed by atoms with van der Waals surface area (Å²) in [5, 5.41) is 19.4. The van der Waals surface area contributed by atoms with E-state index >= 15 is 0 Å². The molecule has 3 nitrogen and oxygen atoms in total. The first kappa shape index (κ1) is 14.7. The molecular weight excluding hydrogens is 228 g/mol. The third kappa shape index (κ3) is 3.57. The summed E-state index contributed by atoms with van der Waals surface area (Å²) in [7, 11) is 0. The van der Waals surface area contributed by atoms with Crippen LogP contribution >= 0.6 is 0 Å². The molecule has 0 saturated carbocycles. The Hall–Kier alpha value is -1.35. The lowest BCUT2D eigenvalue weighted by Gasteiger charge is -2.27. The highest BCUT2D eigenvalue weighted by Crippen LogP contribution is 2.31. The summed E-state index contributed by atoms with van der Waals surface area (Å²) in [6, 6.07) is 7.60. The summed E-state index contributed by atoms with van der Waals surface area (Å²) in [4.78, 5) is 10.9. The molecule has 1 unspecified atom stereocenters. The van der Waals surface area contributed by atoms with Crippen LogP contribution in [0.3, 0.4) is 0 Å². The summed E-state index contributed by atoms with van der Waals surface area (Å²) < 4.78 is 0. The lowest BCUT2D eigenvalue weighted by molar-refractivity contribution is -0.143. The highest BCUT2D eigenvalue weighted by atomic mass is 16.4. The number of benzene rings is 1. The van der Waals surface area contributed by atoms with Crippen LogP contribution in [-0.2, 0) is 10.4 Å². The topological polar surface area (TPSA) is 57.5 Å². The highest BCUT2D eigenvalue weighted by molar-refractivity contribution is 5.68. The molecule has 0 aromatic heterocycles. The maximum absolute atomic E-state index is 10.9. The first-order valence-corrected chi connectivity index (χ1v) is 6.43. The normalized spacial score (nSPS) is 14.5. The molecule has 0 bridgehead atoms. The van der Waals surface area contributed by atoms with Gasteiger partial charge in [0.05, 0.1) is 6.42 Å². The van der Waals surface area contributed by atoms with Crippen LogP contribution in [0.25, 0.3) is 0 Å². The molecule has 1 atom stereocenters. The zero-order chi connectivity index (χ0) is 13.8. The van der Waals surface area contributed by atoms with Gasteiger partial charge in [-0.05, 0) is 23.5 Å². The van der Waals surface area contributed by atoms with Crippen molar-refractivity contribution in [2.24, 2.45) is 0 Å². The van der Waals surface area contributed by atoms with Gasteiger partial charge in [0, 0.05) is 0 Å². The Balaban J connectivity index is 3.02. The van der Waals surface area contributed by atoms with E-state index < -0.39 is 11.6 Å². The third-order valence-electron chi connectivity index (χ3n) is 3.22. The molecule has 0 aliphatic heterocycles. The van der Waals surface area contributed by atoms with Crippen LogP contribution in [0.15, 0.2) is 24.3 Å². The molecule has 0 fully saturated rings.